The minimum Gasteiger partial charge on any atom is -0.497 e. The molecule has 0 aliphatic heterocycles. The van der Waals surface area contributed by atoms with Crippen LogP contribution in [0.5, 0.6) is 5.75 Å². The Bertz CT molecular complexity index is 811. The third-order valence-corrected chi connectivity index (χ3v) is 4.20. The monoisotopic (exact) mass is 393 g/mol. The van der Waals surface area contributed by atoms with E-state index in [0.29, 0.717) is 0 Å². The molecular formula is C16H16IN3O. The molecule has 2 N–H and O–H groups in total. The smallest absolute Gasteiger partial charge is 0.143 e. The Morgan fingerprint density at radius 1 is 1.24 bits per heavy atom. The number of benzene rings is 2. The van der Waals surface area contributed by atoms with Crippen LogP contribution in [0.1, 0.15) is 6.92 Å². The van der Waals surface area contributed by atoms with Crippen molar-refractivity contribution in [3.8, 4) is 17.1 Å². The van der Waals surface area contributed by atoms with Crippen LogP contribution in [0.4, 0.5) is 5.69 Å². The quantitative estimate of drug-likeness (QED) is 0.542. The fourth-order valence-corrected chi connectivity index (χ4v) is 2.98. The van der Waals surface area contributed by atoms with E-state index in [1.165, 1.54) is 0 Å². The van der Waals surface area contributed by atoms with Crippen LogP contribution < -0.4 is 10.5 Å². The molecule has 0 unspecified atom stereocenters. The summed E-state index contributed by atoms with van der Waals surface area (Å²) in [6, 6.07) is 11.9. The van der Waals surface area contributed by atoms with Gasteiger partial charge in [0, 0.05) is 27.4 Å². The Labute approximate surface area is 137 Å². The lowest BCUT2D eigenvalue weighted by Crippen LogP contribution is -2.00. The maximum atomic E-state index is 6.14. The first kappa shape index (κ1) is 14.2. The second-order valence-corrected chi connectivity index (χ2v) is 6.01. The summed E-state index contributed by atoms with van der Waals surface area (Å²) in [4.78, 5) is 4.76. The zero-order valence-electron chi connectivity index (χ0n) is 11.9. The number of nitrogen functional groups attached to an aromatic ring is 1. The number of fused-ring (bicyclic) bond motifs is 1. The maximum absolute atomic E-state index is 6.14. The number of hydrogen-bond acceptors (Lipinski definition) is 3. The van der Waals surface area contributed by atoms with Crippen LogP contribution in [0.3, 0.4) is 0 Å². The first-order valence-electron chi connectivity index (χ1n) is 6.73. The van der Waals surface area contributed by atoms with Gasteiger partial charge in [-0.15, -0.1) is 0 Å². The number of ether oxygens (including phenoxy) is 1. The molecule has 0 atom stereocenters. The fourth-order valence-electron chi connectivity index (χ4n) is 2.48. The average molecular weight is 393 g/mol. The highest BCUT2D eigenvalue weighted by Crippen LogP contribution is 2.31. The highest BCUT2D eigenvalue weighted by Gasteiger charge is 2.14. The molecule has 3 aromatic rings. The van der Waals surface area contributed by atoms with Crippen molar-refractivity contribution in [3.05, 3.63) is 40.0 Å². The van der Waals surface area contributed by atoms with Crippen LogP contribution in [0, 0.1) is 3.57 Å². The summed E-state index contributed by atoms with van der Waals surface area (Å²) in [5.74, 6) is 1.71. The molecule has 0 amide bonds. The summed E-state index contributed by atoms with van der Waals surface area (Å²) in [6.45, 7) is 2.95. The molecule has 0 bridgehead atoms. The lowest BCUT2D eigenvalue weighted by atomic mass is 10.1. The van der Waals surface area contributed by atoms with Gasteiger partial charge < -0.3 is 15.0 Å². The average Bonchev–Trinajstić information content (AvgIpc) is 2.86. The van der Waals surface area contributed by atoms with Crippen molar-refractivity contribution in [2.75, 3.05) is 12.8 Å². The van der Waals surface area contributed by atoms with E-state index in [9.17, 15) is 0 Å². The van der Waals surface area contributed by atoms with Crippen molar-refractivity contribution in [1.29, 1.82) is 0 Å². The molecule has 3 rings (SSSR count). The third kappa shape index (κ3) is 2.46. The molecule has 0 aliphatic carbocycles. The topological polar surface area (TPSA) is 53.1 Å². The summed E-state index contributed by atoms with van der Waals surface area (Å²) in [5.41, 5.74) is 9.87. The SMILES string of the molecule is CCn1c(-c2cc(I)ccc2N)nc2cc(OC)ccc21. The van der Waals surface area contributed by atoms with E-state index in [2.05, 4.69) is 40.1 Å². The second-order valence-electron chi connectivity index (χ2n) is 4.77. The standard InChI is InChI=1S/C16H16IN3O/c1-3-20-15-7-5-11(21-2)9-14(15)19-16(20)12-8-10(17)4-6-13(12)18/h4-9H,3,18H2,1-2H3. The van der Waals surface area contributed by atoms with E-state index in [1.54, 1.807) is 7.11 Å². The normalized spacial score (nSPS) is 11.0. The molecule has 0 saturated carbocycles. The number of aryl methyl sites for hydroxylation is 1. The van der Waals surface area contributed by atoms with E-state index < -0.39 is 0 Å². The van der Waals surface area contributed by atoms with Crippen LogP contribution in [-0.2, 0) is 6.54 Å². The fraction of sp³-hybridized carbons (Fsp3) is 0.188. The Hall–Kier alpha value is -1.76. The molecule has 1 aromatic heterocycles. The molecule has 0 aliphatic rings. The third-order valence-electron chi connectivity index (χ3n) is 3.53. The molecule has 5 heteroatoms. The van der Waals surface area contributed by atoms with Gasteiger partial charge in [-0.05, 0) is 59.8 Å². The molecule has 0 spiro atoms. The molecule has 0 radical (unpaired) electrons. The number of halogens is 1. The van der Waals surface area contributed by atoms with Gasteiger partial charge in [0.1, 0.15) is 11.6 Å². The van der Waals surface area contributed by atoms with E-state index in [4.69, 9.17) is 15.5 Å². The number of aromatic nitrogens is 2. The van der Waals surface area contributed by atoms with E-state index in [-0.39, 0.29) is 0 Å². The highest BCUT2D eigenvalue weighted by molar-refractivity contribution is 14.1. The zero-order valence-corrected chi connectivity index (χ0v) is 14.1. The first-order valence-corrected chi connectivity index (χ1v) is 7.81. The number of hydrogen-bond donors (Lipinski definition) is 1. The van der Waals surface area contributed by atoms with Gasteiger partial charge >= 0.3 is 0 Å². The van der Waals surface area contributed by atoms with E-state index in [1.807, 2.05) is 30.3 Å². The Morgan fingerprint density at radius 2 is 2.05 bits per heavy atom. The molecule has 1 heterocycles. The van der Waals surface area contributed by atoms with Gasteiger partial charge in [0.25, 0.3) is 0 Å². The zero-order chi connectivity index (χ0) is 15.0. The van der Waals surface area contributed by atoms with Crippen molar-refractivity contribution in [2.45, 2.75) is 13.5 Å². The number of nitrogens with two attached hydrogens (primary N) is 1. The minimum absolute atomic E-state index is 0.743. The van der Waals surface area contributed by atoms with E-state index >= 15 is 0 Å². The summed E-state index contributed by atoms with van der Waals surface area (Å²) < 4.78 is 8.60. The van der Waals surface area contributed by atoms with Gasteiger partial charge in [0.05, 0.1) is 18.1 Å². The van der Waals surface area contributed by atoms with Gasteiger partial charge in [-0.25, -0.2) is 4.98 Å². The van der Waals surface area contributed by atoms with Gasteiger partial charge in [-0.3, -0.25) is 0 Å². The van der Waals surface area contributed by atoms with Crippen LogP contribution in [0.15, 0.2) is 36.4 Å². The second kappa shape index (κ2) is 5.55. The molecule has 21 heavy (non-hydrogen) atoms. The summed E-state index contributed by atoms with van der Waals surface area (Å²) >= 11 is 2.29. The van der Waals surface area contributed by atoms with Crippen LogP contribution >= 0.6 is 22.6 Å². The molecule has 0 saturated heterocycles. The van der Waals surface area contributed by atoms with Crippen molar-refractivity contribution in [1.82, 2.24) is 9.55 Å². The highest BCUT2D eigenvalue weighted by atomic mass is 127. The van der Waals surface area contributed by atoms with Crippen LogP contribution in [0.2, 0.25) is 0 Å². The number of imidazole rings is 1. The molecule has 2 aromatic carbocycles. The first-order chi connectivity index (χ1) is 10.1. The Morgan fingerprint density at radius 3 is 2.76 bits per heavy atom. The van der Waals surface area contributed by atoms with Crippen molar-refractivity contribution < 1.29 is 4.74 Å². The van der Waals surface area contributed by atoms with Crippen LogP contribution in [-0.4, -0.2) is 16.7 Å². The van der Waals surface area contributed by atoms with Crippen molar-refractivity contribution in [3.63, 3.8) is 0 Å². The summed E-state index contributed by atoms with van der Waals surface area (Å²) in [6.07, 6.45) is 0. The molecule has 108 valence electrons. The van der Waals surface area contributed by atoms with Gasteiger partial charge in [0.2, 0.25) is 0 Å². The van der Waals surface area contributed by atoms with Crippen molar-refractivity contribution in [2.24, 2.45) is 0 Å². The predicted molar refractivity (Wildman–Crippen MR) is 94.5 cm³/mol. The van der Waals surface area contributed by atoms with E-state index in [0.717, 1.165) is 44.0 Å². The van der Waals surface area contributed by atoms with Gasteiger partial charge in [-0.1, -0.05) is 0 Å². The number of rotatable bonds is 3. The summed E-state index contributed by atoms with van der Waals surface area (Å²) in [7, 11) is 1.66. The largest absolute Gasteiger partial charge is 0.497 e. The van der Waals surface area contributed by atoms with Gasteiger partial charge in [-0.2, -0.15) is 0 Å². The number of nitrogens with zero attached hydrogens (tertiary/aromatic N) is 2. The molecular weight excluding hydrogens is 377 g/mol. The number of anilines is 1. The van der Waals surface area contributed by atoms with Gasteiger partial charge in [0.15, 0.2) is 0 Å². The summed E-state index contributed by atoms with van der Waals surface area (Å²) in [5, 5.41) is 0. The lowest BCUT2D eigenvalue weighted by molar-refractivity contribution is 0.415. The Balaban J connectivity index is 2.29. The molecule has 0 fully saturated rings. The molecule has 4 nitrogen and oxygen atoms in total. The predicted octanol–water partition coefficient (Wildman–Crippen LogP) is 3.92. The van der Waals surface area contributed by atoms with Crippen LogP contribution in [0.25, 0.3) is 22.4 Å². The maximum Gasteiger partial charge on any atom is 0.143 e. The number of methoxy groups -OCH3 is 1. The van der Waals surface area contributed by atoms with Crippen molar-refractivity contribution >= 4 is 39.3 Å². The Kier molecular flexibility index (Phi) is 3.75. The minimum atomic E-state index is 0.743. The lowest BCUT2D eigenvalue weighted by Gasteiger charge is -2.09.